The van der Waals surface area contributed by atoms with Crippen LogP contribution >= 0.6 is 0 Å². The average molecular weight is 450 g/mol. The lowest BCUT2D eigenvalue weighted by molar-refractivity contribution is 0.259. The van der Waals surface area contributed by atoms with Crippen LogP contribution < -0.4 is 10.1 Å². The van der Waals surface area contributed by atoms with Gasteiger partial charge in [-0.1, -0.05) is 31.1 Å². The Bertz CT molecular complexity index is 935. The first-order chi connectivity index (χ1) is 14.9. The molecule has 2 heterocycles. The predicted molar refractivity (Wildman–Crippen MR) is 119 cm³/mol. The lowest BCUT2D eigenvalue weighted by atomic mass is 10.2. The van der Waals surface area contributed by atoms with Crippen molar-refractivity contribution in [2.75, 3.05) is 39.8 Å². The van der Waals surface area contributed by atoms with Gasteiger partial charge < -0.3 is 19.5 Å². The topological polar surface area (TPSA) is 100 Å². The molecule has 0 amide bonds. The lowest BCUT2D eigenvalue weighted by Gasteiger charge is -2.35. The van der Waals surface area contributed by atoms with Gasteiger partial charge in [0.1, 0.15) is 17.8 Å². The minimum Gasteiger partial charge on any atom is -0.493 e. The molecule has 1 fully saturated rings. The van der Waals surface area contributed by atoms with Crippen LogP contribution in [0.3, 0.4) is 0 Å². The molecule has 170 valence electrons. The molecule has 0 atom stereocenters. The Kier molecular flexibility index (Phi) is 7.91. The van der Waals surface area contributed by atoms with E-state index < -0.39 is 10.0 Å². The summed E-state index contributed by atoms with van der Waals surface area (Å²) < 4.78 is 37.1. The second kappa shape index (κ2) is 10.6. The van der Waals surface area contributed by atoms with Crippen LogP contribution in [0.25, 0.3) is 0 Å². The molecule has 0 aliphatic carbocycles. The molecule has 1 aliphatic heterocycles. The maximum absolute atomic E-state index is 12.6. The number of nitrogens with zero attached hydrogens (tertiary/aromatic N) is 4. The number of guanidine groups is 1. The van der Waals surface area contributed by atoms with E-state index in [1.807, 2.05) is 24.3 Å². The zero-order valence-corrected chi connectivity index (χ0v) is 19.1. The number of nitrogens with one attached hydrogen (secondary N) is 1. The molecule has 0 saturated carbocycles. The van der Waals surface area contributed by atoms with E-state index in [0.717, 1.165) is 17.3 Å². The van der Waals surface area contributed by atoms with Crippen LogP contribution in [0.4, 0.5) is 0 Å². The highest BCUT2D eigenvalue weighted by Crippen LogP contribution is 2.15. The molecule has 31 heavy (non-hydrogen) atoms. The number of benzene rings is 1. The first-order valence-corrected chi connectivity index (χ1v) is 12.0. The molecule has 0 unspecified atom stereocenters. The van der Waals surface area contributed by atoms with Gasteiger partial charge in [-0.25, -0.2) is 8.42 Å². The quantitative estimate of drug-likeness (QED) is 0.485. The number of rotatable bonds is 8. The maximum atomic E-state index is 12.6. The predicted octanol–water partition coefficient (Wildman–Crippen LogP) is 1.93. The summed E-state index contributed by atoms with van der Waals surface area (Å²) in [7, 11) is -1.68. The third-order valence-corrected chi connectivity index (χ3v) is 6.73. The van der Waals surface area contributed by atoms with Crippen molar-refractivity contribution in [1.29, 1.82) is 0 Å². The van der Waals surface area contributed by atoms with Gasteiger partial charge in [0.15, 0.2) is 5.96 Å². The second-order valence-corrected chi connectivity index (χ2v) is 9.85. The standard InChI is InChI=1S/C21H31N5O4S/c1-17(2)15-29-20-6-4-18(5-7-20)14-23-21(22-3)25-9-11-26(12-10-25)31(27,28)16-19-8-13-30-24-19/h4-8,13,17H,9-12,14-16H2,1-3H3,(H,22,23). The van der Waals surface area contributed by atoms with Crippen molar-refractivity contribution >= 4 is 16.0 Å². The van der Waals surface area contributed by atoms with Crippen LogP contribution in [0.2, 0.25) is 0 Å². The van der Waals surface area contributed by atoms with Crippen molar-refractivity contribution in [1.82, 2.24) is 19.7 Å². The molecular formula is C21H31N5O4S. The van der Waals surface area contributed by atoms with Gasteiger partial charge in [0.05, 0.1) is 12.3 Å². The molecule has 1 aromatic heterocycles. The van der Waals surface area contributed by atoms with Gasteiger partial charge in [-0.05, 0) is 23.6 Å². The van der Waals surface area contributed by atoms with E-state index in [9.17, 15) is 8.42 Å². The van der Waals surface area contributed by atoms with Crippen molar-refractivity contribution in [2.45, 2.75) is 26.1 Å². The molecule has 3 rings (SSSR count). The summed E-state index contributed by atoms with van der Waals surface area (Å²) in [6.07, 6.45) is 1.38. The van der Waals surface area contributed by atoms with E-state index in [2.05, 4.69) is 34.2 Å². The van der Waals surface area contributed by atoms with Gasteiger partial charge in [0.25, 0.3) is 0 Å². The van der Waals surface area contributed by atoms with Crippen LogP contribution in [0, 0.1) is 5.92 Å². The Morgan fingerprint density at radius 2 is 1.90 bits per heavy atom. The summed E-state index contributed by atoms with van der Waals surface area (Å²) in [6, 6.07) is 9.58. The summed E-state index contributed by atoms with van der Waals surface area (Å²) in [5, 5.41) is 7.06. The minimum absolute atomic E-state index is 0.145. The Morgan fingerprint density at radius 3 is 2.48 bits per heavy atom. The van der Waals surface area contributed by atoms with E-state index in [0.29, 0.717) is 50.9 Å². The fourth-order valence-corrected chi connectivity index (χ4v) is 4.67. The van der Waals surface area contributed by atoms with Gasteiger partial charge >= 0.3 is 0 Å². The fraction of sp³-hybridized carbons (Fsp3) is 0.524. The zero-order valence-electron chi connectivity index (χ0n) is 18.3. The van der Waals surface area contributed by atoms with Gasteiger partial charge in [0, 0.05) is 45.8 Å². The van der Waals surface area contributed by atoms with E-state index >= 15 is 0 Å². The summed E-state index contributed by atoms with van der Waals surface area (Å²) in [6.45, 7) is 7.52. The Balaban J connectivity index is 1.48. The number of piperazine rings is 1. The highest BCUT2D eigenvalue weighted by molar-refractivity contribution is 7.88. The average Bonchev–Trinajstić information content (AvgIpc) is 3.26. The van der Waals surface area contributed by atoms with E-state index in [1.165, 1.54) is 10.6 Å². The number of aromatic nitrogens is 1. The fourth-order valence-electron chi connectivity index (χ4n) is 3.25. The lowest BCUT2D eigenvalue weighted by Crippen LogP contribution is -2.53. The third kappa shape index (κ3) is 6.70. The minimum atomic E-state index is -3.42. The smallest absolute Gasteiger partial charge is 0.220 e. The Morgan fingerprint density at radius 1 is 1.19 bits per heavy atom. The summed E-state index contributed by atoms with van der Waals surface area (Å²) in [5.41, 5.74) is 1.53. The van der Waals surface area contributed by atoms with Crippen LogP contribution in [0.5, 0.6) is 5.75 Å². The van der Waals surface area contributed by atoms with Crippen LogP contribution in [0.15, 0.2) is 46.1 Å². The third-order valence-electron chi connectivity index (χ3n) is 4.92. The van der Waals surface area contributed by atoms with Crippen molar-refractivity contribution in [3.63, 3.8) is 0 Å². The molecule has 1 aliphatic rings. The largest absolute Gasteiger partial charge is 0.493 e. The Labute approximate surface area is 184 Å². The molecule has 0 bridgehead atoms. The Hall–Kier alpha value is -2.59. The molecule has 1 aromatic carbocycles. The SMILES string of the molecule is CN=C(NCc1ccc(OCC(C)C)cc1)N1CCN(S(=O)(=O)Cc2ccon2)CC1. The van der Waals surface area contributed by atoms with Crippen molar-refractivity contribution in [2.24, 2.45) is 10.9 Å². The summed E-state index contributed by atoms with van der Waals surface area (Å²) in [4.78, 5) is 6.43. The zero-order chi connectivity index (χ0) is 22.3. The first-order valence-electron chi connectivity index (χ1n) is 10.4. The van der Waals surface area contributed by atoms with Gasteiger partial charge in [-0.15, -0.1) is 0 Å². The number of sulfonamides is 1. The highest BCUT2D eigenvalue weighted by Gasteiger charge is 2.28. The molecule has 9 nitrogen and oxygen atoms in total. The molecule has 1 N–H and O–H groups in total. The molecule has 10 heteroatoms. The van der Waals surface area contributed by atoms with Crippen molar-refractivity contribution in [3.8, 4) is 5.75 Å². The molecule has 0 radical (unpaired) electrons. The first kappa shape index (κ1) is 23.1. The molecule has 0 spiro atoms. The number of aliphatic imine (C=N–C) groups is 1. The van der Waals surface area contributed by atoms with Gasteiger partial charge in [0.2, 0.25) is 10.0 Å². The number of hydrogen-bond acceptors (Lipinski definition) is 6. The normalized spacial score (nSPS) is 16.0. The molecular weight excluding hydrogens is 418 g/mol. The number of ether oxygens (including phenoxy) is 1. The monoisotopic (exact) mass is 449 g/mol. The highest BCUT2D eigenvalue weighted by atomic mass is 32.2. The summed E-state index contributed by atoms with van der Waals surface area (Å²) in [5.74, 6) is 1.97. The summed E-state index contributed by atoms with van der Waals surface area (Å²) >= 11 is 0. The van der Waals surface area contributed by atoms with E-state index in [-0.39, 0.29) is 5.75 Å². The van der Waals surface area contributed by atoms with E-state index in [1.54, 1.807) is 13.1 Å². The second-order valence-electron chi connectivity index (χ2n) is 7.88. The maximum Gasteiger partial charge on any atom is 0.220 e. The molecule has 2 aromatic rings. The molecule has 1 saturated heterocycles. The van der Waals surface area contributed by atoms with Crippen LogP contribution in [-0.2, 0) is 22.3 Å². The van der Waals surface area contributed by atoms with E-state index in [4.69, 9.17) is 9.26 Å². The van der Waals surface area contributed by atoms with Crippen molar-refractivity contribution in [3.05, 3.63) is 47.9 Å². The van der Waals surface area contributed by atoms with Crippen LogP contribution in [0.1, 0.15) is 25.1 Å². The van der Waals surface area contributed by atoms with Gasteiger partial charge in [-0.3, -0.25) is 4.99 Å². The number of hydrogen-bond donors (Lipinski definition) is 1. The van der Waals surface area contributed by atoms with Crippen LogP contribution in [-0.4, -0.2) is 68.6 Å². The van der Waals surface area contributed by atoms with Gasteiger partial charge in [-0.2, -0.15) is 4.31 Å². The van der Waals surface area contributed by atoms with Crippen molar-refractivity contribution < 1.29 is 17.7 Å².